The molecule has 194 valence electrons. The molecular formula is C28H30N2O7. The molecule has 37 heavy (non-hydrogen) atoms. The highest BCUT2D eigenvalue weighted by Crippen LogP contribution is 2.38. The second kappa shape index (κ2) is 13.0. The van der Waals surface area contributed by atoms with E-state index in [4.69, 9.17) is 19.3 Å². The molecule has 2 amide bonds. The van der Waals surface area contributed by atoms with E-state index in [1.54, 1.807) is 24.3 Å². The van der Waals surface area contributed by atoms with Crippen LogP contribution in [0.15, 0.2) is 66.7 Å². The summed E-state index contributed by atoms with van der Waals surface area (Å²) in [5.41, 5.74) is 2.99. The normalized spacial score (nSPS) is 11.2. The zero-order chi connectivity index (χ0) is 26.8. The maximum atomic E-state index is 13.0. The van der Waals surface area contributed by atoms with Gasteiger partial charge in [0.25, 0.3) is 5.91 Å². The number of rotatable bonds is 12. The molecule has 3 aromatic carbocycles. The summed E-state index contributed by atoms with van der Waals surface area (Å²) in [4.78, 5) is 37.0. The van der Waals surface area contributed by atoms with Crippen LogP contribution in [0.5, 0.6) is 17.2 Å². The van der Waals surface area contributed by atoms with Gasteiger partial charge in [0.2, 0.25) is 11.7 Å². The molecule has 0 unspecified atom stereocenters. The molecule has 0 heterocycles. The van der Waals surface area contributed by atoms with Gasteiger partial charge in [0.15, 0.2) is 11.5 Å². The second-order valence-electron chi connectivity index (χ2n) is 8.15. The molecule has 0 saturated carbocycles. The van der Waals surface area contributed by atoms with Crippen molar-refractivity contribution in [1.29, 1.82) is 0 Å². The first-order valence-electron chi connectivity index (χ1n) is 11.6. The molecular weight excluding hydrogens is 476 g/mol. The molecule has 0 aliphatic rings. The van der Waals surface area contributed by atoms with Crippen molar-refractivity contribution in [2.24, 2.45) is 0 Å². The van der Waals surface area contributed by atoms with Crippen molar-refractivity contribution in [1.82, 2.24) is 10.6 Å². The fraction of sp³-hybridized carbons (Fsp3) is 0.250. The lowest BCUT2D eigenvalue weighted by atomic mass is 10.0. The molecule has 0 saturated heterocycles. The lowest BCUT2D eigenvalue weighted by molar-refractivity contribution is -0.137. The lowest BCUT2D eigenvalue weighted by Crippen LogP contribution is -2.46. The first-order chi connectivity index (χ1) is 17.9. The van der Waals surface area contributed by atoms with Gasteiger partial charge in [-0.05, 0) is 47.4 Å². The average Bonchev–Trinajstić information content (AvgIpc) is 2.93. The van der Waals surface area contributed by atoms with Crippen LogP contribution in [0.4, 0.5) is 0 Å². The predicted octanol–water partition coefficient (Wildman–Crippen LogP) is 3.66. The number of nitrogens with one attached hydrogen (secondary N) is 2. The van der Waals surface area contributed by atoms with Crippen molar-refractivity contribution in [3.05, 3.63) is 77.9 Å². The third kappa shape index (κ3) is 7.23. The molecule has 0 bridgehead atoms. The zero-order valence-electron chi connectivity index (χ0n) is 20.9. The monoisotopic (exact) mass is 506 g/mol. The molecule has 1 atom stereocenters. The van der Waals surface area contributed by atoms with Crippen molar-refractivity contribution in [3.8, 4) is 28.4 Å². The zero-order valence-corrected chi connectivity index (χ0v) is 20.9. The molecule has 0 aromatic heterocycles. The molecule has 9 nitrogen and oxygen atoms in total. The largest absolute Gasteiger partial charge is 0.493 e. The highest BCUT2D eigenvalue weighted by molar-refractivity contribution is 5.98. The van der Waals surface area contributed by atoms with E-state index in [-0.39, 0.29) is 19.4 Å². The maximum absolute atomic E-state index is 13.0. The summed E-state index contributed by atoms with van der Waals surface area (Å²) in [6.07, 6.45) is -0.347. The molecule has 3 aromatic rings. The number of methoxy groups -OCH3 is 3. The van der Waals surface area contributed by atoms with Crippen molar-refractivity contribution in [3.63, 3.8) is 0 Å². The Labute approximate surface area is 215 Å². The Hall–Kier alpha value is -4.53. The third-order valence-corrected chi connectivity index (χ3v) is 5.71. The average molecular weight is 507 g/mol. The molecule has 3 rings (SSSR count). The summed E-state index contributed by atoms with van der Waals surface area (Å²) in [6.45, 7) is 0.0980. The third-order valence-electron chi connectivity index (χ3n) is 5.71. The van der Waals surface area contributed by atoms with Gasteiger partial charge in [-0.15, -0.1) is 0 Å². The van der Waals surface area contributed by atoms with Gasteiger partial charge in [-0.25, -0.2) is 0 Å². The van der Waals surface area contributed by atoms with E-state index >= 15 is 0 Å². The Morgan fingerprint density at radius 1 is 0.838 bits per heavy atom. The molecule has 3 N–H and O–H groups in total. The first kappa shape index (κ1) is 27.1. The topological polar surface area (TPSA) is 123 Å². The van der Waals surface area contributed by atoms with Gasteiger partial charge >= 0.3 is 5.97 Å². The SMILES string of the molecule is COc1cc(CNC(=O)[C@H](CCC(=O)O)NC(=O)c2ccc(-c3ccccc3)cc2)cc(OC)c1OC. The molecule has 0 spiro atoms. The van der Waals surface area contributed by atoms with Crippen molar-refractivity contribution < 1.29 is 33.7 Å². The molecule has 0 aliphatic carbocycles. The van der Waals surface area contributed by atoms with Gasteiger partial charge in [-0.1, -0.05) is 42.5 Å². The minimum absolute atomic E-state index is 0.0652. The summed E-state index contributed by atoms with van der Waals surface area (Å²) in [6, 6.07) is 19.0. The number of carbonyl (C=O) groups excluding carboxylic acids is 2. The van der Waals surface area contributed by atoms with Gasteiger partial charge in [0, 0.05) is 18.5 Å². The van der Waals surface area contributed by atoms with Crippen LogP contribution in [0.1, 0.15) is 28.8 Å². The number of carboxylic acids is 1. The minimum Gasteiger partial charge on any atom is -0.493 e. The Kier molecular flexibility index (Phi) is 9.48. The number of carboxylic acid groups (broad SMARTS) is 1. The van der Waals surface area contributed by atoms with E-state index in [0.29, 0.717) is 28.4 Å². The fourth-order valence-corrected chi connectivity index (χ4v) is 3.77. The summed E-state index contributed by atoms with van der Waals surface area (Å²) in [5, 5.41) is 14.5. The highest BCUT2D eigenvalue weighted by atomic mass is 16.5. The highest BCUT2D eigenvalue weighted by Gasteiger charge is 2.23. The standard InChI is InChI=1S/C28H30N2O7/c1-35-23-15-18(16-24(36-2)26(23)37-3)17-29-28(34)22(13-14-25(31)32)30-27(33)21-11-9-20(10-12-21)19-7-5-4-6-8-19/h4-12,15-16,22H,13-14,17H2,1-3H3,(H,29,34)(H,30,33)(H,31,32)/t22-/m0/s1. The number of aliphatic carboxylic acids is 1. The summed E-state index contributed by atoms with van der Waals surface area (Å²) >= 11 is 0. The first-order valence-corrected chi connectivity index (χ1v) is 11.6. The summed E-state index contributed by atoms with van der Waals surface area (Å²) < 4.78 is 16.0. The van der Waals surface area contributed by atoms with Crippen LogP contribution in [-0.2, 0) is 16.1 Å². The lowest BCUT2D eigenvalue weighted by Gasteiger charge is -2.19. The van der Waals surface area contributed by atoms with E-state index < -0.39 is 23.8 Å². The van der Waals surface area contributed by atoms with Crippen LogP contribution in [0.2, 0.25) is 0 Å². The summed E-state index contributed by atoms with van der Waals surface area (Å²) in [5.74, 6) is -0.766. The van der Waals surface area contributed by atoms with Crippen LogP contribution < -0.4 is 24.8 Å². The van der Waals surface area contributed by atoms with Crippen LogP contribution in [0, 0.1) is 0 Å². The molecule has 9 heteroatoms. The fourth-order valence-electron chi connectivity index (χ4n) is 3.77. The number of carbonyl (C=O) groups is 3. The van der Waals surface area contributed by atoms with Crippen LogP contribution in [0.25, 0.3) is 11.1 Å². The quantitative estimate of drug-likeness (QED) is 0.343. The maximum Gasteiger partial charge on any atom is 0.303 e. The van der Waals surface area contributed by atoms with Crippen LogP contribution >= 0.6 is 0 Å². The van der Waals surface area contributed by atoms with Gasteiger partial charge in [0.05, 0.1) is 21.3 Å². The minimum atomic E-state index is -1.07. The predicted molar refractivity (Wildman–Crippen MR) is 138 cm³/mol. The van der Waals surface area contributed by atoms with E-state index in [1.807, 2.05) is 42.5 Å². The molecule has 0 aliphatic heterocycles. The second-order valence-corrected chi connectivity index (χ2v) is 8.15. The Balaban J connectivity index is 1.71. The van der Waals surface area contributed by atoms with E-state index in [2.05, 4.69) is 10.6 Å². The molecule has 0 radical (unpaired) electrons. The number of ether oxygens (including phenoxy) is 3. The van der Waals surface area contributed by atoms with Gasteiger partial charge in [-0.2, -0.15) is 0 Å². The molecule has 0 fully saturated rings. The van der Waals surface area contributed by atoms with E-state index in [9.17, 15) is 14.4 Å². The van der Waals surface area contributed by atoms with Crippen molar-refractivity contribution in [2.45, 2.75) is 25.4 Å². The van der Waals surface area contributed by atoms with Crippen molar-refractivity contribution in [2.75, 3.05) is 21.3 Å². The van der Waals surface area contributed by atoms with Crippen LogP contribution in [-0.4, -0.2) is 50.3 Å². The smallest absolute Gasteiger partial charge is 0.303 e. The van der Waals surface area contributed by atoms with Gasteiger partial charge < -0.3 is 30.0 Å². The number of benzene rings is 3. The number of amides is 2. The number of hydrogen-bond acceptors (Lipinski definition) is 6. The number of hydrogen-bond donors (Lipinski definition) is 3. The Bertz CT molecular complexity index is 1200. The Morgan fingerprint density at radius 3 is 1.97 bits per heavy atom. The van der Waals surface area contributed by atoms with E-state index in [0.717, 1.165) is 11.1 Å². The Morgan fingerprint density at radius 2 is 1.43 bits per heavy atom. The summed E-state index contributed by atoms with van der Waals surface area (Å²) in [7, 11) is 4.47. The van der Waals surface area contributed by atoms with Crippen molar-refractivity contribution >= 4 is 17.8 Å². The van der Waals surface area contributed by atoms with Gasteiger partial charge in [0.1, 0.15) is 6.04 Å². The van der Waals surface area contributed by atoms with Crippen LogP contribution in [0.3, 0.4) is 0 Å². The van der Waals surface area contributed by atoms with E-state index in [1.165, 1.54) is 21.3 Å². The van der Waals surface area contributed by atoms with Gasteiger partial charge in [-0.3, -0.25) is 14.4 Å².